The van der Waals surface area contributed by atoms with Crippen LogP contribution in [0.25, 0.3) is 0 Å². The number of hydrogen-bond donors (Lipinski definition) is 1. The lowest BCUT2D eigenvalue weighted by molar-refractivity contribution is -0.605. The topological polar surface area (TPSA) is 140 Å². The number of fused-ring (bicyclic) bond motifs is 3. The Morgan fingerprint density at radius 2 is 1.64 bits per heavy atom. The van der Waals surface area contributed by atoms with Crippen LogP contribution in [-0.2, 0) is 32.0 Å². The van der Waals surface area contributed by atoms with Gasteiger partial charge in [-0.15, -0.1) is 0 Å². The van der Waals surface area contributed by atoms with Crippen molar-refractivity contribution in [1.29, 1.82) is 0 Å². The number of carbonyl (C=O) groups is 3. The maximum Gasteiger partial charge on any atom is 0.408 e. The van der Waals surface area contributed by atoms with Crippen LogP contribution in [-0.4, -0.2) is 61.9 Å². The number of amides is 1. The summed E-state index contributed by atoms with van der Waals surface area (Å²) in [5, 5.41) is 14.7. The Morgan fingerprint density at radius 1 is 0.897 bits per heavy atom. The van der Waals surface area contributed by atoms with Gasteiger partial charge >= 0.3 is 24.6 Å². The second-order valence-electron chi connectivity index (χ2n) is 14.6. The first-order valence-electron chi connectivity index (χ1n) is 19.0. The van der Waals surface area contributed by atoms with Gasteiger partial charge in [-0.3, -0.25) is 4.90 Å². The van der Waals surface area contributed by atoms with E-state index in [-0.39, 0.29) is 58.8 Å². The number of rotatable bonds is 16. The highest BCUT2D eigenvalue weighted by atomic mass is 35.5. The monoisotopic (exact) mass is 839 g/mol. The first-order chi connectivity index (χ1) is 28.0. The fraction of sp³-hybridized carbons (Fsp3) is 0.381. The Hall–Kier alpha value is -5.18. The Morgan fingerprint density at radius 3 is 2.31 bits per heavy atom. The van der Waals surface area contributed by atoms with Crippen molar-refractivity contribution in [3.05, 3.63) is 128 Å². The van der Waals surface area contributed by atoms with Crippen molar-refractivity contribution >= 4 is 41.2 Å². The number of ether oxygens (including phenoxy) is 5. The fourth-order valence-corrected chi connectivity index (χ4v) is 7.74. The van der Waals surface area contributed by atoms with Crippen molar-refractivity contribution in [1.82, 2.24) is 10.2 Å². The molecule has 306 valence electrons. The number of aromatic nitrogens is 1. The number of halogens is 4. The number of nitrogens with zero attached hydrogens (tertiary/aromatic N) is 2. The van der Waals surface area contributed by atoms with Gasteiger partial charge in [0.25, 0.3) is 0 Å². The SMILES string of the molecule is O=C(NC(C(=O)O[C@H]1CN2CCC1CC2)c1ccccc1)OCc1cccc(C(=O)OC(Cc2c(Cl)c[n+]([O-])cc2Cl)c2ccc(OC(F)F)c(OCC3CC3)c2)c1. The van der Waals surface area contributed by atoms with E-state index in [0.717, 1.165) is 51.2 Å². The molecular weight excluding hydrogens is 799 g/mol. The van der Waals surface area contributed by atoms with E-state index in [1.54, 1.807) is 42.5 Å². The molecule has 3 saturated heterocycles. The lowest BCUT2D eigenvalue weighted by atomic mass is 9.86. The lowest BCUT2D eigenvalue weighted by Gasteiger charge is -2.44. The van der Waals surface area contributed by atoms with Crippen molar-refractivity contribution in [2.24, 2.45) is 11.8 Å². The molecule has 2 unspecified atom stereocenters. The van der Waals surface area contributed by atoms with Crippen LogP contribution >= 0.6 is 23.2 Å². The van der Waals surface area contributed by atoms with Crippen LogP contribution in [0.5, 0.6) is 11.5 Å². The number of benzene rings is 3. The maximum atomic E-state index is 13.8. The van der Waals surface area contributed by atoms with Crippen LogP contribution in [0.1, 0.15) is 70.4 Å². The van der Waals surface area contributed by atoms with Crippen LogP contribution in [0.15, 0.2) is 85.2 Å². The smallest absolute Gasteiger partial charge is 0.408 e. The predicted octanol–water partition coefficient (Wildman–Crippen LogP) is 7.76. The molecule has 4 heterocycles. The number of hydrogen-bond acceptors (Lipinski definition) is 10. The normalized spacial score (nSPS) is 19.5. The first-order valence-corrected chi connectivity index (χ1v) is 19.7. The summed E-state index contributed by atoms with van der Waals surface area (Å²) in [6.07, 6.45) is 3.69. The average molecular weight is 841 g/mol. The van der Waals surface area contributed by atoms with Crippen LogP contribution in [0, 0.1) is 17.0 Å². The molecule has 1 saturated carbocycles. The highest BCUT2D eigenvalue weighted by Gasteiger charge is 2.38. The third kappa shape index (κ3) is 10.7. The van der Waals surface area contributed by atoms with Gasteiger partial charge in [0.15, 0.2) is 29.9 Å². The predicted molar refractivity (Wildman–Crippen MR) is 207 cm³/mol. The van der Waals surface area contributed by atoms with Crippen LogP contribution in [0.4, 0.5) is 13.6 Å². The average Bonchev–Trinajstić information content (AvgIpc) is 4.05. The van der Waals surface area contributed by atoms with Crippen molar-refractivity contribution in [3.8, 4) is 11.5 Å². The fourth-order valence-electron chi connectivity index (χ4n) is 7.14. The molecule has 0 radical (unpaired) electrons. The molecule has 2 bridgehead atoms. The van der Waals surface area contributed by atoms with E-state index in [4.69, 9.17) is 46.9 Å². The second kappa shape index (κ2) is 18.6. The molecule has 3 aliphatic heterocycles. The molecule has 8 rings (SSSR count). The summed E-state index contributed by atoms with van der Waals surface area (Å²) in [7, 11) is 0. The highest BCUT2D eigenvalue weighted by Crippen LogP contribution is 2.38. The molecule has 3 atom stereocenters. The van der Waals surface area contributed by atoms with Gasteiger partial charge < -0.3 is 34.2 Å². The zero-order valence-corrected chi connectivity index (χ0v) is 32.7. The minimum Gasteiger partial charge on any atom is -0.619 e. The minimum atomic E-state index is -3.10. The Balaban J connectivity index is 1.05. The second-order valence-corrected chi connectivity index (χ2v) is 15.4. The lowest BCUT2D eigenvalue weighted by Crippen LogP contribution is -2.52. The van der Waals surface area contributed by atoms with E-state index in [9.17, 15) is 28.4 Å². The zero-order chi connectivity index (χ0) is 40.8. The van der Waals surface area contributed by atoms with E-state index < -0.39 is 36.8 Å². The van der Waals surface area contributed by atoms with Gasteiger partial charge in [0.05, 0.1) is 12.2 Å². The largest absolute Gasteiger partial charge is 0.619 e. The van der Waals surface area contributed by atoms with Crippen molar-refractivity contribution < 1.29 is 51.6 Å². The minimum absolute atomic E-state index is 0.0191. The molecule has 16 heteroatoms. The van der Waals surface area contributed by atoms with Crippen LogP contribution < -0.4 is 19.5 Å². The Labute approximate surface area is 343 Å². The van der Waals surface area contributed by atoms with E-state index in [0.29, 0.717) is 39.4 Å². The molecule has 12 nitrogen and oxygen atoms in total. The number of alkyl carbamates (subject to hydrolysis) is 1. The van der Waals surface area contributed by atoms with Gasteiger partial charge in [0.2, 0.25) is 0 Å². The van der Waals surface area contributed by atoms with Crippen LogP contribution in [0.2, 0.25) is 10.0 Å². The van der Waals surface area contributed by atoms with Crippen molar-refractivity contribution in [2.75, 3.05) is 26.2 Å². The molecule has 1 N–H and O–H groups in total. The van der Waals surface area contributed by atoms with Crippen molar-refractivity contribution in [2.45, 2.75) is 63.6 Å². The third-order valence-corrected chi connectivity index (χ3v) is 11.1. The van der Waals surface area contributed by atoms with Gasteiger partial charge in [-0.25, -0.2) is 14.4 Å². The number of esters is 2. The molecule has 1 amide bonds. The quantitative estimate of drug-likeness (QED) is 0.0516. The standard InChI is InChI=1S/C42H41Cl2F2N3O9/c43-32-20-49(53)21-33(44)31(32)19-35(29-11-12-34(58-41(45)46)36(18-29)54-23-25-9-10-25)56-39(50)30-8-4-5-26(17-30)24-55-42(52)47-38(28-6-2-1-3-7-28)40(51)57-37-22-48-15-13-27(37)14-16-48/h1-8,11-12,17-18,20-21,25,27,35,37-38,41H,9-10,13-16,19,22-24H2,(H,47,52)/t35?,37-,38?/m0/s1. The van der Waals surface area contributed by atoms with Gasteiger partial charge in [0.1, 0.15) is 28.9 Å². The summed E-state index contributed by atoms with van der Waals surface area (Å²) >= 11 is 12.8. The summed E-state index contributed by atoms with van der Waals surface area (Å²) in [4.78, 5) is 42.7. The molecule has 4 fully saturated rings. The Kier molecular flexibility index (Phi) is 13.1. The maximum absolute atomic E-state index is 13.8. The molecule has 1 aliphatic carbocycles. The van der Waals surface area contributed by atoms with Gasteiger partial charge in [-0.1, -0.05) is 71.7 Å². The molecule has 4 aliphatic rings. The highest BCUT2D eigenvalue weighted by molar-refractivity contribution is 6.35. The number of pyridine rings is 1. The van der Waals surface area contributed by atoms with E-state index in [1.165, 1.54) is 30.3 Å². The summed E-state index contributed by atoms with van der Waals surface area (Å²) in [5.74, 6) is -0.946. The molecular formula is C42H41Cl2F2N3O9. The molecule has 1 aromatic heterocycles. The van der Waals surface area contributed by atoms with Crippen LogP contribution in [0.3, 0.4) is 0 Å². The molecule has 0 spiro atoms. The van der Waals surface area contributed by atoms with Crippen molar-refractivity contribution in [3.63, 3.8) is 0 Å². The molecule has 4 aromatic rings. The van der Waals surface area contributed by atoms with E-state index >= 15 is 0 Å². The molecule has 3 aromatic carbocycles. The number of carbonyl (C=O) groups excluding carboxylic acids is 3. The van der Waals surface area contributed by atoms with Gasteiger partial charge in [-0.05, 0) is 91.6 Å². The summed E-state index contributed by atoms with van der Waals surface area (Å²) in [6, 6.07) is 18.1. The van der Waals surface area contributed by atoms with E-state index in [2.05, 4.69) is 10.2 Å². The summed E-state index contributed by atoms with van der Waals surface area (Å²) in [6.45, 7) is -0.446. The summed E-state index contributed by atoms with van der Waals surface area (Å²) in [5.41, 5.74) is 1.72. The molecule has 58 heavy (non-hydrogen) atoms. The summed E-state index contributed by atoms with van der Waals surface area (Å²) < 4.78 is 55.0. The number of nitrogens with one attached hydrogen (secondary N) is 1. The Bertz CT molecular complexity index is 2080. The number of piperidine rings is 3. The van der Waals surface area contributed by atoms with E-state index in [1.807, 2.05) is 0 Å². The van der Waals surface area contributed by atoms with Gasteiger partial charge in [0, 0.05) is 18.5 Å². The van der Waals surface area contributed by atoms with Gasteiger partial charge in [-0.2, -0.15) is 13.5 Å². The number of alkyl halides is 2. The first kappa shape index (κ1) is 41.0. The zero-order valence-electron chi connectivity index (χ0n) is 31.2. The third-order valence-electron chi connectivity index (χ3n) is 10.5.